The maximum atomic E-state index is 7.21. The maximum absolute atomic E-state index is 7.21. The summed E-state index contributed by atoms with van der Waals surface area (Å²) in [6.07, 6.45) is 55.3. The third kappa shape index (κ3) is 22.2. The van der Waals surface area contributed by atoms with Gasteiger partial charge in [-0.1, -0.05) is 202 Å². The summed E-state index contributed by atoms with van der Waals surface area (Å²) in [4.78, 5) is 2.91. The van der Waals surface area contributed by atoms with Crippen LogP contribution in [0, 0.1) is 46.3 Å². The van der Waals surface area contributed by atoms with E-state index < -0.39 is 0 Å². The van der Waals surface area contributed by atoms with E-state index in [1.807, 2.05) is 0 Å². The zero-order valence-electron chi connectivity index (χ0n) is 49.2. The van der Waals surface area contributed by atoms with Gasteiger partial charge in [-0.15, -0.1) is 0 Å². The Morgan fingerprint density at radius 2 is 0.917 bits per heavy atom. The van der Waals surface area contributed by atoms with Crippen LogP contribution in [0.15, 0.2) is 0 Å². The van der Waals surface area contributed by atoms with E-state index >= 15 is 0 Å². The van der Waals surface area contributed by atoms with Crippen LogP contribution in [-0.2, 0) is 14.2 Å². The van der Waals surface area contributed by atoms with Crippen LogP contribution in [0.5, 0.6) is 0 Å². The molecule has 0 aromatic carbocycles. The lowest BCUT2D eigenvalue weighted by Gasteiger charge is -2.65. The molecule has 426 valence electrons. The van der Waals surface area contributed by atoms with Crippen LogP contribution in [0.3, 0.4) is 0 Å². The lowest BCUT2D eigenvalue weighted by molar-refractivity contribution is -0.227. The van der Waals surface area contributed by atoms with E-state index in [-0.39, 0.29) is 5.41 Å². The molecule has 0 spiro atoms. The normalized spacial score (nSPS) is 28.6. The molecule has 0 aromatic heterocycles. The third-order valence-electron chi connectivity index (χ3n) is 20.3. The van der Waals surface area contributed by atoms with Gasteiger partial charge in [-0.25, -0.2) is 0 Å². The SMILES string of the molecule is CCCCCCCCCCCCCCCCN(CCCCCCCCCCCCCCCC)CCCC(C)C1CC[C@H]2[C@@H]3[C@H](OCCCN)CC4C[C@H](OCCCN)CC[C@]4(C)[C@H]3C[C@H](OCCCN)[C@]12C. The summed E-state index contributed by atoms with van der Waals surface area (Å²) in [5.41, 5.74) is 18.6. The second kappa shape index (κ2) is 39.1. The molecule has 0 radical (unpaired) electrons. The molecule has 4 aliphatic carbocycles. The van der Waals surface area contributed by atoms with E-state index in [0.717, 1.165) is 45.5 Å². The van der Waals surface area contributed by atoms with Gasteiger partial charge in [-0.2, -0.15) is 0 Å². The zero-order chi connectivity index (χ0) is 51.5. The molecule has 4 saturated carbocycles. The molecule has 0 saturated heterocycles. The van der Waals surface area contributed by atoms with Gasteiger partial charge < -0.3 is 36.3 Å². The Balaban J connectivity index is 1.32. The fraction of sp³-hybridized carbons (Fsp3) is 1.00. The highest BCUT2D eigenvalue weighted by atomic mass is 16.5. The Kier molecular flexibility index (Phi) is 34.9. The number of ether oxygens (including phenoxy) is 3. The first-order valence-electron chi connectivity index (χ1n) is 33.0. The predicted molar refractivity (Wildman–Crippen MR) is 312 cm³/mol. The number of fused-ring (bicyclic) bond motifs is 5. The summed E-state index contributed by atoms with van der Waals surface area (Å²) in [6.45, 7) is 21.1. The molecule has 4 aliphatic rings. The highest BCUT2D eigenvalue weighted by Gasteiger charge is 2.66. The van der Waals surface area contributed by atoms with Gasteiger partial charge in [0.25, 0.3) is 0 Å². The molecule has 0 aromatic rings. The van der Waals surface area contributed by atoms with Crippen LogP contribution in [0.2, 0.25) is 0 Å². The van der Waals surface area contributed by atoms with E-state index in [1.54, 1.807) is 0 Å². The monoisotopic (exact) mass is 1010 g/mol. The molecule has 11 atom stereocenters. The smallest absolute Gasteiger partial charge is 0.0637 e. The minimum atomic E-state index is 0.165. The topological polar surface area (TPSA) is 109 Å². The van der Waals surface area contributed by atoms with E-state index in [4.69, 9.17) is 31.4 Å². The summed E-state index contributed by atoms with van der Waals surface area (Å²) < 4.78 is 20.8. The molecule has 0 aliphatic heterocycles. The van der Waals surface area contributed by atoms with Crippen molar-refractivity contribution in [2.45, 2.75) is 310 Å². The first-order chi connectivity index (χ1) is 35.3. The third-order valence-corrected chi connectivity index (χ3v) is 20.3. The van der Waals surface area contributed by atoms with Crippen molar-refractivity contribution in [1.82, 2.24) is 4.90 Å². The number of nitrogens with two attached hydrogens (primary N) is 3. The summed E-state index contributed by atoms with van der Waals surface area (Å²) in [5.74, 6) is 3.88. The van der Waals surface area contributed by atoms with E-state index in [2.05, 4.69) is 39.5 Å². The number of nitrogens with zero attached hydrogens (tertiary/aromatic N) is 1. The fourth-order valence-corrected chi connectivity index (χ4v) is 15.8. The Labute approximate surface area is 449 Å². The zero-order valence-corrected chi connectivity index (χ0v) is 49.2. The Morgan fingerprint density at radius 1 is 0.472 bits per heavy atom. The van der Waals surface area contributed by atoms with Crippen LogP contribution >= 0.6 is 0 Å². The molecule has 4 fully saturated rings. The average molecular weight is 1010 g/mol. The maximum Gasteiger partial charge on any atom is 0.0637 e. The van der Waals surface area contributed by atoms with Crippen molar-refractivity contribution in [2.24, 2.45) is 63.5 Å². The number of hydrogen-bond acceptors (Lipinski definition) is 7. The van der Waals surface area contributed by atoms with Gasteiger partial charge >= 0.3 is 0 Å². The molecule has 6 N–H and O–H groups in total. The molecule has 0 amide bonds. The van der Waals surface area contributed by atoms with Gasteiger partial charge in [-0.05, 0) is 170 Å². The van der Waals surface area contributed by atoms with Crippen molar-refractivity contribution >= 4 is 0 Å². The van der Waals surface area contributed by atoms with Crippen molar-refractivity contribution in [1.29, 1.82) is 0 Å². The van der Waals surface area contributed by atoms with Crippen molar-refractivity contribution in [3.8, 4) is 0 Å². The quantitative estimate of drug-likeness (QED) is 0.0521. The van der Waals surface area contributed by atoms with Gasteiger partial charge in [0, 0.05) is 25.2 Å². The molecule has 4 rings (SSSR count). The highest BCUT2D eigenvalue weighted by molar-refractivity contribution is 5.15. The predicted octanol–water partition coefficient (Wildman–Crippen LogP) is 16.7. The van der Waals surface area contributed by atoms with Crippen LogP contribution in [0.4, 0.5) is 0 Å². The van der Waals surface area contributed by atoms with Crippen LogP contribution in [-0.4, -0.2) is 82.3 Å². The summed E-state index contributed by atoms with van der Waals surface area (Å²) in [6, 6.07) is 0. The summed E-state index contributed by atoms with van der Waals surface area (Å²) >= 11 is 0. The molecule has 0 heterocycles. The summed E-state index contributed by atoms with van der Waals surface area (Å²) in [7, 11) is 0. The standard InChI is InChI=1S/C65H128N4O3/c1-6-8-10-12-14-16-18-20-22-24-26-28-30-32-46-69(47-33-31-29-27-25-23-21-19-17-15-13-11-9-7-2)48-34-38-55(3)58-39-40-59-63-60(54-62(65(58,59)5)72-51-37-45-68)64(4)42-41-57(70-49-35-43-66)52-56(64)53-61(63)71-50-36-44-67/h55-63H,6-54,66-68H2,1-5H3/t55?,56?,57-,58?,59+,60+,61-,62+,63+,64+,65-/m1/s1. The second-order valence-electron chi connectivity index (χ2n) is 25.6. The first kappa shape index (κ1) is 64.2. The van der Waals surface area contributed by atoms with Crippen LogP contribution in [0.25, 0.3) is 0 Å². The minimum absolute atomic E-state index is 0.165. The van der Waals surface area contributed by atoms with Crippen molar-refractivity contribution < 1.29 is 14.2 Å². The highest BCUT2D eigenvalue weighted by Crippen LogP contribution is 2.69. The second-order valence-corrected chi connectivity index (χ2v) is 25.6. The molecular weight excluding hydrogens is 885 g/mol. The molecule has 72 heavy (non-hydrogen) atoms. The van der Waals surface area contributed by atoms with Crippen LogP contribution in [0.1, 0.15) is 291 Å². The summed E-state index contributed by atoms with van der Waals surface area (Å²) in [5, 5.41) is 0. The van der Waals surface area contributed by atoms with Gasteiger partial charge in [0.15, 0.2) is 0 Å². The number of hydrogen-bond donors (Lipinski definition) is 3. The lowest BCUT2D eigenvalue weighted by Crippen LogP contribution is -2.63. The van der Waals surface area contributed by atoms with Crippen molar-refractivity contribution in [3.05, 3.63) is 0 Å². The van der Waals surface area contributed by atoms with Gasteiger partial charge in [0.1, 0.15) is 0 Å². The molecule has 0 bridgehead atoms. The molecular formula is C65H128N4O3. The first-order valence-corrected chi connectivity index (χ1v) is 33.0. The molecule has 7 nitrogen and oxygen atoms in total. The Morgan fingerprint density at radius 3 is 1.40 bits per heavy atom. The minimum Gasteiger partial charge on any atom is -0.378 e. The van der Waals surface area contributed by atoms with Crippen LogP contribution < -0.4 is 17.2 Å². The lowest BCUT2D eigenvalue weighted by atomic mass is 9.43. The average Bonchev–Trinajstić information content (AvgIpc) is 3.74. The molecule has 3 unspecified atom stereocenters. The van der Waals surface area contributed by atoms with E-state index in [1.165, 1.54) is 251 Å². The van der Waals surface area contributed by atoms with E-state index in [0.29, 0.717) is 78.9 Å². The fourth-order valence-electron chi connectivity index (χ4n) is 15.8. The van der Waals surface area contributed by atoms with E-state index in [9.17, 15) is 0 Å². The molecule has 7 heteroatoms. The van der Waals surface area contributed by atoms with Gasteiger partial charge in [0.2, 0.25) is 0 Å². The Hall–Kier alpha value is -0.280. The Bertz CT molecular complexity index is 1240. The van der Waals surface area contributed by atoms with Crippen molar-refractivity contribution in [3.63, 3.8) is 0 Å². The number of unbranched alkanes of at least 4 members (excludes halogenated alkanes) is 26. The van der Waals surface area contributed by atoms with Gasteiger partial charge in [-0.3, -0.25) is 0 Å². The number of rotatable bonds is 47. The van der Waals surface area contributed by atoms with Crippen molar-refractivity contribution in [2.75, 3.05) is 59.1 Å². The largest absolute Gasteiger partial charge is 0.378 e. The van der Waals surface area contributed by atoms with Gasteiger partial charge in [0.05, 0.1) is 18.3 Å².